The number of benzene rings is 3. The summed E-state index contributed by atoms with van der Waals surface area (Å²) in [7, 11) is 1.33. The van der Waals surface area contributed by atoms with E-state index >= 15 is 0 Å². The summed E-state index contributed by atoms with van der Waals surface area (Å²) in [6, 6.07) is 21.2. The van der Waals surface area contributed by atoms with Gasteiger partial charge in [0, 0.05) is 17.7 Å². The molecule has 1 aliphatic rings. The summed E-state index contributed by atoms with van der Waals surface area (Å²) in [6.07, 6.45) is 0.788. The van der Waals surface area contributed by atoms with Gasteiger partial charge >= 0.3 is 5.97 Å². The van der Waals surface area contributed by atoms with E-state index < -0.39 is 5.97 Å². The minimum Gasteiger partial charge on any atom is -0.486 e. The SMILES string of the molecule is COC(=O)Cn1c(=NC(=O)c2ccc(Cc3ccccc3)cc2)sc2cc3c(cc21)OCCO3. The van der Waals surface area contributed by atoms with Crippen LogP contribution < -0.4 is 14.3 Å². The molecular weight excluding hydrogens is 452 g/mol. The molecule has 0 spiro atoms. The summed E-state index contributed by atoms with van der Waals surface area (Å²) < 4.78 is 18.7. The Hall–Kier alpha value is -3.91. The van der Waals surface area contributed by atoms with Crippen LogP contribution in [0.1, 0.15) is 21.5 Å². The summed E-state index contributed by atoms with van der Waals surface area (Å²) >= 11 is 1.31. The molecule has 7 nitrogen and oxygen atoms in total. The predicted octanol–water partition coefficient (Wildman–Crippen LogP) is 3.98. The highest BCUT2D eigenvalue weighted by Crippen LogP contribution is 2.35. The molecule has 0 bridgehead atoms. The lowest BCUT2D eigenvalue weighted by Crippen LogP contribution is -2.22. The van der Waals surface area contributed by atoms with Crippen molar-refractivity contribution in [1.29, 1.82) is 0 Å². The van der Waals surface area contributed by atoms with Crippen LogP contribution in [-0.4, -0.2) is 36.8 Å². The largest absolute Gasteiger partial charge is 0.486 e. The zero-order valence-corrected chi connectivity index (χ0v) is 19.3. The second kappa shape index (κ2) is 9.52. The first-order chi connectivity index (χ1) is 16.6. The summed E-state index contributed by atoms with van der Waals surface area (Å²) in [4.78, 5) is 29.8. The molecule has 4 aromatic rings. The standard InChI is InChI=1S/C26H22N2O5S/c1-31-24(29)16-28-20-14-21-22(33-12-11-32-21)15-23(20)34-26(28)27-25(30)19-9-7-18(8-10-19)13-17-5-3-2-4-6-17/h2-10,14-15H,11-13,16H2,1H3. The van der Waals surface area contributed by atoms with Crippen LogP contribution in [0.25, 0.3) is 10.2 Å². The molecule has 0 N–H and O–H groups in total. The number of hydrogen-bond acceptors (Lipinski definition) is 6. The number of fused-ring (bicyclic) bond motifs is 2. The minimum atomic E-state index is -0.436. The lowest BCUT2D eigenvalue weighted by molar-refractivity contribution is -0.141. The number of ether oxygens (including phenoxy) is 3. The first kappa shape index (κ1) is 21.9. The maximum atomic E-state index is 13.0. The molecule has 34 heavy (non-hydrogen) atoms. The fourth-order valence-corrected chi connectivity index (χ4v) is 4.82. The molecule has 0 saturated heterocycles. The van der Waals surface area contributed by atoms with Crippen molar-refractivity contribution in [2.24, 2.45) is 4.99 Å². The molecule has 0 fully saturated rings. The van der Waals surface area contributed by atoms with Gasteiger partial charge in [0.15, 0.2) is 16.3 Å². The van der Waals surface area contributed by atoms with Crippen LogP contribution in [-0.2, 0) is 22.5 Å². The topological polar surface area (TPSA) is 79.1 Å². The van der Waals surface area contributed by atoms with E-state index in [4.69, 9.17) is 14.2 Å². The Morgan fingerprint density at radius 2 is 1.65 bits per heavy atom. The van der Waals surface area contributed by atoms with Gasteiger partial charge in [-0.1, -0.05) is 53.8 Å². The Balaban J connectivity index is 1.49. The normalized spacial score (nSPS) is 13.1. The quantitative estimate of drug-likeness (QED) is 0.409. The number of amides is 1. The van der Waals surface area contributed by atoms with Crippen LogP contribution in [0.5, 0.6) is 11.5 Å². The molecule has 0 radical (unpaired) electrons. The number of nitrogens with zero attached hydrogens (tertiary/aromatic N) is 2. The average Bonchev–Trinajstić information content (AvgIpc) is 3.18. The van der Waals surface area contributed by atoms with Gasteiger partial charge in [-0.25, -0.2) is 0 Å². The molecule has 0 unspecified atom stereocenters. The van der Waals surface area contributed by atoms with E-state index in [2.05, 4.69) is 17.1 Å². The zero-order chi connectivity index (χ0) is 23.5. The van der Waals surface area contributed by atoms with Gasteiger partial charge in [-0.2, -0.15) is 4.99 Å². The molecule has 5 rings (SSSR count). The highest BCUT2D eigenvalue weighted by Gasteiger charge is 2.18. The monoisotopic (exact) mass is 474 g/mol. The second-order valence-electron chi connectivity index (χ2n) is 7.79. The van der Waals surface area contributed by atoms with Crippen molar-refractivity contribution in [2.75, 3.05) is 20.3 Å². The van der Waals surface area contributed by atoms with E-state index in [9.17, 15) is 9.59 Å². The van der Waals surface area contributed by atoms with Crippen molar-refractivity contribution in [3.63, 3.8) is 0 Å². The van der Waals surface area contributed by atoms with E-state index in [1.54, 1.807) is 16.7 Å². The van der Waals surface area contributed by atoms with Crippen molar-refractivity contribution in [2.45, 2.75) is 13.0 Å². The lowest BCUT2D eigenvalue weighted by Gasteiger charge is -2.18. The zero-order valence-electron chi connectivity index (χ0n) is 18.5. The molecule has 1 amide bonds. The molecule has 0 aliphatic carbocycles. The Labute approximate surface area is 199 Å². The lowest BCUT2D eigenvalue weighted by atomic mass is 10.0. The maximum absolute atomic E-state index is 13.0. The third kappa shape index (κ3) is 4.58. The van der Waals surface area contributed by atoms with Crippen molar-refractivity contribution < 1.29 is 23.8 Å². The van der Waals surface area contributed by atoms with Crippen molar-refractivity contribution in [3.05, 3.63) is 88.2 Å². The van der Waals surface area contributed by atoms with Gasteiger partial charge in [0.25, 0.3) is 5.91 Å². The van der Waals surface area contributed by atoms with Gasteiger partial charge < -0.3 is 18.8 Å². The van der Waals surface area contributed by atoms with Crippen LogP contribution in [0.4, 0.5) is 0 Å². The van der Waals surface area contributed by atoms with Gasteiger partial charge in [0.05, 0.1) is 17.3 Å². The highest BCUT2D eigenvalue weighted by atomic mass is 32.1. The summed E-state index contributed by atoms with van der Waals surface area (Å²) in [5.74, 6) is 0.418. The van der Waals surface area contributed by atoms with Gasteiger partial charge in [-0.05, 0) is 29.7 Å². The van der Waals surface area contributed by atoms with Gasteiger partial charge in [-0.3, -0.25) is 9.59 Å². The van der Waals surface area contributed by atoms with E-state index in [0.29, 0.717) is 35.1 Å². The molecule has 8 heteroatoms. The first-order valence-electron chi connectivity index (χ1n) is 10.8. The molecule has 172 valence electrons. The molecule has 1 aliphatic heterocycles. The Bertz CT molecular complexity index is 1420. The predicted molar refractivity (Wildman–Crippen MR) is 128 cm³/mol. The molecular formula is C26H22N2O5S. The number of esters is 1. The van der Waals surface area contributed by atoms with Crippen LogP contribution in [0.15, 0.2) is 71.7 Å². The van der Waals surface area contributed by atoms with Gasteiger partial charge in [-0.15, -0.1) is 0 Å². The van der Waals surface area contributed by atoms with E-state index in [-0.39, 0.29) is 12.5 Å². The van der Waals surface area contributed by atoms with E-state index in [1.165, 1.54) is 24.0 Å². The van der Waals surface area contributed by atoms with Crippen LogP contribution >= 0.6 is 11.3 Å². The van der Waals surface area contributed by atoms with E-state index in [1.807, 2.05) is 42.5 Å². The third-order valence-corrected chi connectivity index (χ3v) is 6.55. The smallest absolute Gasteiger partial charge is 0.325 e. The molecule has 1 aromatic heterocycles. The number of aromatic nitrogens is 1. The molecule has 2 heterocycles. The average molecular weight is 475 g/mol. The van der Waals surface area contributed by atoms with Crippen molar-refractivity contribution in [1.82, 2.24) is 4.57 Å². The number of hydrogen-bond donors (Lipinski definition) is 0. The van der Waals surface area contributed by atoms with Gasteiger partial charge in [0.2, 0.25) is 0 Å². The number of thiazole rings is 1. The maximum Gasteiger partial charge on any atom is 0.325 e. The number of rotatable bonds is 5. The summed E-state index contributed by atoms with van der Waals surface area (Å²) in [5.41, 5.74) is 3.52. The molecule has 0 saturated carbocycles. The molecule has 3 aromatic carbocycles. The van der Waals surface area contributed by atoms with Crippen LogP contribution in [0.3, 0.4) is 0 Å². The Morgan fingerprint density at radius 1 is 0.971 bits per heavy atom. The van der Waals surface area contributed by atoms with Crippen LogP contribution in [0, 0.1) is 0 Å². The minimum absolute atomic E-state index is 0.0712. The number of methoxy groups -OCH3 is 1. The fraction of sp³-hybridized carbons (Fsp3) is 0.192. The Kier molecular flexibility index (Phi) is 6.14. The summed E-state index contributed by atoms with van der Waals surface area (Å²) in [6.45, 7) is 0.857. The highest BCUT2D eigenvalue weighted by molar-refractivity contribution is 7.16. The Morgan fingerprint density at radius 3 is 2.35 bits per heavy atom. The molecule has 0 atom stereocenters. The first-order valence-corrected chi connectivity index (χ1v) is 11.6. The third-order valence-electron chi connectivity index (χ3n) is 5.51. The second-order valence-corrected chi connectivity index (χ2v) is 8.80. The van der Waals surface area contributed by atoms with Gasteiger partial charge in [0.1, 0.15) is 19.8 Å². The fourth-order valence-electron chi connectivity index (χ4n) is 3.79. The summed E-state index contributed by atoms with van der Waals surface area (Å²) in [5, 5.41) is 0. The number of carbonyl (C=O) groups excluding carboxylic acids is 2. The van der Waals surface area contributed by atoms with Crippen molar-refractivity contribution in [3.8, 4) is 11.5 Å². The van der Waals surface area contributed by atoms with E-state index in [0.717, 1.165) is 22.2 Å². The number of carbonyl (C=O) groups is 2. The van der Waals surface area contributed by atoms with Crippen molar-refractivity contribution >= 4 is 33.4 Å². The van der Waals surface area contributed by atoms with Crippen LogP contribution in [0.2, 0.25) is 0 Å².